The van der Waals surface area contributed by atoms with Gasteiger partial charge in [0.15, 0.2) is 0 Å². The van der Waals surface area contributed by atoms with Crippen LogP contribution in [0.1, 0.15) is 38.7 Å². The third-order valence-corrected chi connectivity index (χ3v) is 4.75. The fourth-order valence-corrected chi connectivity index (χ4v) is 3.39. The van der Waals surface area contributed by atoms with Crippen LogP contribution in [-0.4, -0.2) is 37.5 Å². The van der Waals surface area contributed by atoms with Crippen molar-refractivity contribution in [2.75, 3.05) is 26.7 Å². The Balaban J connectivity index is 1.80. The number of amides is 1. The van der Waals surface area contributed by atoms with Gasteiger partial charge in [0.05, 0.1) is 0 Å². The molecule has 3 nitrogen and oxygen atoms in total. The number of hydrogen-bond donors (Lipinski definition) is 1. The minimum Gasteiger partial charge on any atom is -0.342 e. The first kappa shape index (κ1) is 17.0. The number of likely N-dealkylation sites (tertiary alicyclic amines) is 1. The summed E-state index contributed by atoms with van der Waals surface area (Å²) in [7, 11) is 1.98. The monoisotopic (exact) mass is 302 g/mol. The smallest absolute Gasteiger partial charge is 0.228 e. The molecule has 1 saturated heterocycles. The summed E-state index contributed by atoms with van der Waals surface area (Å²) >= 11 is 0. The first-order valence-electron chi connectivity index (χ1n) is 8.51. The minimum atomic E-state index is -0.247. The zero-order chi connectivity index (χ0) is 16.0. The van der Waals surface area contributed by atoms with Gasteiger partial charge in [-0.2, -0.15) is 0 Å². The van der Waals surface area contributed by atoms with Crippen LogP contribution >= 0.6 is 0 Å². The molecule has 2 rings (SSSR count). The molecule has 0 saturated carbocycles. The predicted molar refractivity (Wildman–Crippen MR) is 91.8 cm³/mol. The lowest BCUT2D eigenvalue weighted by molar-refractivity contribution is -0.139. The molecule has 0 radical (unpaired) electrons. The molecule has 1 atom stereocenters. The summed E-state index contributed by atoms with van der Waals surface area (Å²) in [5, 5.41) is 3.22. The summed E-state index contributed by atoms with van der Waals surface area (Å²) in [6.07, 6.45) is 4.21. The third-order valence-electron chi connectivity index (χ3n) is 4.75. The van der Waals surface area contributed by atoms with Gasteiger partial charge in [-0.25, -0.2) is 0 Å². The molecule has 22 heavy (non-hydrogen) atoms. The average Bonchev–Trinajstić information content (AvgIpc) is 2.96. The fourth-order valence-electron chi connectivity index (χ4n) is 3.39. The van der Waals surface area contributed by atoms with Crippen molar-refractivity contribution >= 4 is 5.91 Å². The molecule has 0 aliphatic carbocycles. The van der Waals surface area contributed by atoms with Crippen molar-refractivity contribution < 1.29 is 4.79 Å². The third kappa shape index (κ3) is 4.57. The van der Waals surface area contributed by atoms with Gasteiger partial charge in [0.2, 0.25) is 5.91 Å². The Hall–Kier alpha value is -1.35. The molecule has 1 aliphatic rings. The van der Waals surface area contributed by atoms with E-state index in [-0.39, 0.29) is 5.41 Å². The van der Waals surface area contributed by atoms with Gasteiger partial charge in [0, 0.05) is 18.5 Å². The zero-order valence-corrected chi connectivity index (χ0v) is 14.3. The van der Waals surface area contributed by atoms with Gasteiger partial charge in [0.1, 0.15) is 0 Å². The Morgan fingerprint density at radius 2 is 2.05 bits per heavy atom. The molecule has 1 aromatic rings. The van der Waals surface area contributed by atoms with E-state index in [0.717, 1.165) is 45.3 Å². The van der Waals surface area contributed by atoms with E-state index >= 15 is 0 Å². The Kier molecular flexibility index (Phi) is 6.01. The van der Waals surface area contributed by atoms with Gasteiger partial charge in [-0.15, -0.1) is 0 Å². The molecule has 1 aliphatic heterocycles. The van der Waals surface area contributed by atoms with E-state index in [9.17, 15) is 4.79 Å². The number of nitrogens with one attached hydrogen (secondary N) is 1. The molecule has 1 amide bonds. The van der Waals surface area contributed by atoms with Gasteiger partial charge in [0.25, 0.3) is 0 Å². The number of benzene rings is 1. The van der Waals surface area contributed by atoms with E-state index in [1.165, 1.54) is 5.56 Å². The lowest BCUT2D eigenvalue weighted by atomic mass is 9.85. The summed E-state index contributed by atoms with van der Waals surface area (Å²) in [4.78, 5) is 14.8. The first-order valence-corrected chi connectivity index (χ1v) is 8.51. The van der Waals surface area contributed by atoms with Crippen LogP contribution in [0.15, 0.2) is 30.3 Å². The number of aryl methyl sites for hydroxylation is 1. The standard InChI is InChI=1S/C19H30N2O/c1-19(2,12-7-10-16-8-5-4-6-9-16)18(22)21-13-11-17(15-21)14-20-3/h4-6,8-9,17,20H,7,10-15H2,1-3H3. The van der Waals surface area contributed by atoms with Gasteiger partial charge < -0.3 is 10.2 Å². The summed E-state index contributed by atoms with van der Waals surface area (Å²) in [5.74, 6) is 0.952. The van der Waals surface area contributed by atoms with E-state index in [4.69, 9.17) is 0 Å². The van der Waals surface area contributed by atoms with E-state index in [0.29, 0.717) is 11.8 Å². The molecule has 1 unspecified atom stereocenters. The normalized spacial score (nSPS) is 18.7. The van der Waals surface area contributed by atoms with E-state index in [2.05, 4.69) is 48.3 Å². The molecular formula is C19H30N2O. The summed E-state index contributed by atoms with van der Waals surface area (Å²) in [6.45, 7) is 7.06. The highest BCUT2D eigenvalue weighted by atomic mass is 16.2. The molecule has 1 fully saturated rings. The van der Waals surface area contributed by atoms with Crippen LogP contribution in [0, 0.1) is 11.3 Å². The maximum absolute atomic E-state index is 12.8. The Morgan fingerprint density at radius 3 is 2.73 bits per heavy atom. The second kappa shape index (κ2) is 7.77. The van der Waals surface area contributed by atoms with Crippen molar-refractivity contribution in [2.24, 2.45) is 11.3 Å². The van der Waals surface area contributed by atoms with Crippen LogP contribution in [0.4, 0.5) is 0 Å². The van der Waals surface area contributed by atoms with Gasteiger partial charge >= 0.3 is 0 Å². The number of rotatable bonds is 7. The van der Waals surface area contributed by atoms with Crippen LogP contribution < -0.4 is 5.32 Å². The molecule has 0 spiro atoms. The minimum absolute atomic E-state index is 0.247. The van der Waals surface area contributed by atoms with Crippen LogP contribution in [0.25, 0.3) is 0 Å². The highest BCUT2D eigenvalue weighted by molar-refractivity contribution is 5.82. The highest BCUT2D eigenvalue weighted by Crippen LogP contribution is 2.29. The second-order valence-electron chi connectivity index (χ2n) is 7.19. The quantitative estimate of drug-likeness (QED) is 0.839. The fraction of sp³-hybridized carbons (Fsp3) is 0.632. The summed E-state index contributed by atoms with van der Waals surface area (Å²) in [5.41, 5.74) is 1.12. The Bertz CT molecular complexity index is 470. The molecule has 122 valence electrons. The molecular weight excluding hydrogens is 272 g/mol. The summed E-state index contributed by atoms with van der Waals surface area (Å²) in [6, 6.07) is 10.5. The first-order chi connectivity index (χ1) is 10.5. The van der Waals surface area contributed by atoms with Crippen molar-refractivity contribution in [3.8, 4) is 0 Å². The maximum Gasteiger partial charge on any atom is 0.228 e. The van der Waals surface area contributed by atoms with E-state index in [1.807, 2.05) is 13.1 Å². The second-order valence-corrected chi connectivity index (χ2v) is 7.19. The van der Waals surface area contributed by atoms with Crippen LogP contribution in [0.2, 0.25) is 0 Å². The van der Waals surface area contributed by atoms with Gasteiger partial charge in [-0.05, 0) is 50.8 Å². The number of nitrogens with zero attached hydrogens (tertiary/aromatic N) is 1. The number of carbonyl (C=O) groups is 1. The van der Waals surface area contributed by atoms with Gasteiger partial charge in [-0.3, -0.25) is 4.79 Å². The largest absolute Gasteiger partial charge is 0.342 e. The van der Waals surface area contributed by atoms with Crippen molar-refractivity contribution in [2.45, 2.75) is 39.5 Å². The highest BCUT2D eigenvalue weighted by Gasteiger charge is 2.35. The molecule has 0 bridgehead atoms. The van der Waals surface area contributed by atoms with Crippen molar-refractivity contribution in [3.05, 3.63) is 35.9 Å². The lowest BCUT2D eigenvalue weighted by Crippen LogP contribution is -2.40. The lowest BCUT2D eigenvalue weighted by Gasteiger charge is -2.29. The Labute approximate surface area is 135 Å². The molecule has 1 heterocycles. The zero-order valence-electron chi connectivity index (χ0n) is 14.3. The van der Waals surface area contributed by atoms with Crippen molar-refractivity contribution in [3.63, 3.8) is 0 Å². The molecule has 1 N–H and O–H groups in total. The van der Waals surface area contributed by atoms with E-state index in [1.54, 1.807) is 0 Å². The van der Waals surface area contributed by atoms with Crippen molar-refractivity contribution in [1.82, 2.24) is 10.2 Å². The van der Waals surface area contributed by atoms with E-state index < -0.39 is 0 Å². The number of hydrogen-bond acceptors (Lipinski definition) is 2. The molecule has 3 heteroatoms. The van der Waals surface area contributed by atoms with Crippen LogP contribution in [-0.2, 0) is 11.2 Å². The predicted octanol–water partition coefficient (Wildman–Crippen LogP) is 3.10. The SMILES string of the molecule is CNCC1CCN(C(=O)C(C)(C)CCCc2ccccc2)C1. The van der Waals surface area contributed by atoms with Crippen LogP contribution in [0.3, 0.4) is 0 Å². The van der Waals surface area contributed by atoms with Crippen LogP contribution in [0.5, 0.6) is 0 Å². The van der Waals surface area contributed by atoms with Gasteiger partial charge in [-0.1, -0.05) is 44.2 Å². The summed E-state index contributed by atoms with van der Waals surface area (Å²) < 4.78 is 0. The molecule has 0 aromatic heterocycles. The number of carbonyl (C=O) groups excluding carboxylic acids is 1. The Morgan fingerprint density at radius 1 is 1.32 bits per heavy atom. The topological polar surface area (TPSA) is 32.3 Å². The maximum atomic E-state index is 12.8. The van der Waals surface area contributed by atoms with Crippen molar-refractivity contribution in [1.29, 1.82) is 0 Å². The molecule has 1 aromatic carbocycles. The average molecular weight is 302 g/mol.